The molecule has 0 bridgehead atoms. The zero-order valence-electron chi connectivity index (χ0n) is 13.8. The quantitative estimate of drug-likeness (QED) is 0.217. The minimum absolute atomic E-state index is 0.413. The fourth-order valence-electron chi connectivity index (χ4n) is 2.32. The van der Waals surface area contributed by atoms with Crippen LogP contribution in [-0.4, -0.2) is 49.6 Å². The molecule has 5 N–H and O–H groups in total. The summed E-state index contributed by atoms with van der Waals surface area (Å²) >= 11 is 0. The lowest BCUT2D eigenvalue weighted by atomic mass is 10.1. The molecule has 166 valence electrons. The topological polar surface area (TPSA) is 298 Å². The summed E-state index contributed by atoms with van der Waals surface area (Å²) in [4.78, 5) is 69.2. The highest BCUT2D eigenvalue weighted by Gasteiger charge is 2.49. The molecule has 20 heteroatoms. The van der Waals surface area contributed by atoms with Crippen molar-refractivity contribution in [1.82, 2.24) is 14.4 Å². The van der Waals surface area contributed by atoms with Crippen molar-refractivity contribution in [2.75, 3.05) is 6.61 Å². The van der Waals surface area contributed by atoms with Crippen LogP contribution in [-0.2, 0) is 18.1 Å². The molecule has 1 aliphatic rings. The normalized spacial score (nSPS) is 27.7. The third kappa shape index (κ3) is 6.63. The van der Waals surface area contributed by atoms with E-state index in [9.17, 15) is 44.4 Å². The molecule has 0 radical (unpaired) electrons. The minimum Gasteiger partial charge on any atom is -0.846 e. The Morgan fingerprint density at radius 2 is 2.00 bits per heavy atom. The molecule has 0 aliphatic carbocycles. The summed E-state index contributed by atoms with van der Waals surface area (Å²) in [5, 5.41) is 38.6. The van der Waals surface area contributed by atoms with E-state index < -0.39 is 66.7 Å². The van der Waals surface area contributed by atoms with Gasteiger partial charge in [-0.05, 0) is 10.9 Å². The van der Waals surface area contributed by atoms with Gasteiger partial charge in [-0.2, -0.15) is 4.31 Å². The average Bonchev–Trinajstić information content (AvgIpc) is 2.79. The molecule has 1 fully saturated rings. The number of ether oxygens (including phenoxy) is 1. The van der Waals surface area contributed by atoms with E-state index in [0.29, 0.717) is 4.57 Å². The van der Waals surface area contributed by atoms with Crippen molar-refractivity contribution in [2.24, 2.45) is 0 Å². The van der Waals surface area contributed by atoms with Crippen molar-refractivity contribution >= 4 is 24.0 Å². The summed E-state index contributed by atoms with van der Waals surface area (Å²) in [6.07, 6.45) is -6.16. The van der Waals surface area contributed by atoms with Gasteiger partial charge in [0.2, 0.25) is 0 Å². The Bertz CT molecular complexity index is 830. The number of hydrogen-bond acceptors (Lipinski definition) is 15. The molecule has 0 amide bonds. The first-order chi connectivity index (χ1) is 13.1. The number of rotatable bonds is 8. The average molecular weight is 478 g/mol. The molecule has 2 heterocycles. The predicted molar refractivity (Wildman–Crippen MR) is 77.3 cm³/mol. The van der Waals surface area contributed by atoms with Crippen LogP contribution in [0.2, 0.25) is 0 Å². The summed E-state index contributed by atoms with van der Waals surface area (Å²) in [5.41, 5.74) is -0.413. The van der Waals surface area contributed by atoms with Crippen molar-refractivity contribution in [3.05, 3.63) is 17.8 Å². The largest absolute Gasteiger partial charge is 0.846 e. The summed E-state index contributed by atoms with van der Waals surface area (Å²) < 4.78 is 23.9. The monoisotopic (exact) mass is 478 g/mol. The van der Waals surface area contributed by atoms with Gasteiger partial charge in [-0.15, -0.1) is 0 Å². The SMILES string of the molecule is N=c1ccn([C@@H]2O[C@H](CO)[C@@H](O[P+]([O-])([O-])N[P+]([O-])([O-])OP(=O)([O-])O)[C@H]2O)c([O-])n1. The van der Waals surface area contributed by atoms with E-state index in [1.54, 1.807) is 0 Å². The molecule has 1 unspecified atom stereocenters. The summed E-state index contributed by atoms with van der Waals surface area (Å²) in [6, 6.07) is -0.0187. The van der Waals surface area contributed by atoms with Crippen molar-refractivity contribution in [1.29, 1.82) is 5.41 Å². The zero-order valence-corrected chi connectivity index (χ0v) is 16.5. The number of nitrogens with one attached hydrogen (secondary N) is 2. The smallest absolute Gasteiger partial charge is 0.306 e. The van der Waals surface area contributed by atoms with Gasteiger partial charge in [-0.25, -0.2) is 9.51 Å². The molecule has 0 aromatic carbocycles. The van der Waals surface area contributed by atoms with Crippen molar-refractivity contribution < 1.29 is 62.8 Å². The van der Waals surface area contributed by atoms with Gasteiger partial charge in [0.1, 0.15) is 17.7 Å². The zero-order chi connectivity index (χ0) is 22.2. The Morgan fingerprint density at radius 1 is 1.38 bits per heavy atom. The first kappa shape index (κ1) is 24.6. The molecule has 1 aromatic heterocycles. The maximum Gasteiger partial charge on any atom is 0.306 e. The van der Waals surface area contributed by atoms with Gasteiger partial charge in [0.15, 0.2) is 28.5 Å². The molecule has 1 saturated heterocycles. The van der Waals surface area contributed by atoms with Crippen LogP contribution in [0.5, 0.6) is 6.01 Å². The van der Waals surface area contributed by atoms with E-state index in [1.165, 1.54) is 0 Å². The molecule has 5 atom stereocenters. The highest BCUT2D eigenvalue weighted by molar-refractivity contribution is 7.73. The lowest BCUT2D eigenvalue weighted by molar-refractivity contribution is -0.358. The fourth-order valence-corrected chi connectivity index (χ4v) is 5.85. The summed E-state index contributed by atoms with van der Waals surface area (Å²) in [5.74, 6) is 0. The Kier molecular flexibility index (Phi) is 7.45. The Morgan fingerprint density at radius 3 is 2.52 bits per heavy atom. The summed E-state index contributed by atoms with van der Waals surface area (Å²) in [7, 11) is -17.5. The molecule has 1 aromatic rings. The lowest BCUT2D eigenvalue weighted by Crippen LogP contribution is -2.48. The minimum atomic E-state index is -5.92. The third-order valence-electron chi connectivity index (χ3n) is 3.31. The maximum absolute atomic E-state index is 11.9. The van der Waals surface area contributed by atoms with Gasteiger partial charge < -0.3 is 54.0 Å². The molecule has 17 nitrogen and oxygen atoms in total. The van der Waals surface area contributed by atoms with Crippen LogP contribution in [0.4, 0.5) is 0 Å². The standard InChI is InChI=1S/C9H17N4O13P3/c10-5-1-2-13(9(16)11-5)8-6(15)7(4(3-14)24-8)25-27(17,18)12-28(19,20)26-29(21,22)23/h1-2,4,6-8,14-15H,3H2,(H2,10,11,16)(H2,21,22,23)(H3,12,17,18,19,20)/p-4/t4-,6-,7-,8-/m1/s1. The van der Waals surface area contributed by atoms with E-state index in [2.05, 4.69) is 13.8 Å². The second kappa shape index (κ2) is 8.80. The molecule has 0 saturated carbocycles. The van der Waals surface area contributed by atoms with Gasteiger partial charge in [0.25, 0.3) is 0 Å². The third-order valence-corrected chi connectivity index (χ3v) is 7.48. The Balaban J connectivity index is 2.19. The molecular formula is C9H13N4O13P3-4. The van der Waals surface area contributed by atoms with Crippen LogP contribution in [0.1, 0.15) is 6.23 Å². The lowest BCUT2D eigenvalue weighted by Gasteiger charge is -2.43. The van der Waals surface area contributed by atoms with Crippen LogP contribution >= 0.6 is 24.0 Å². The number of hydrogen-bond donors (Lipinski definition) is 5. The number of phosphoric acid groups is 1. The van der Waals surface area contributed by atoms with Crippen LogP contribution in [0, 0.1) is 5.41 Å². The first-order valence-electron chi connectivity index (χ1n) is 7.24. The second-order valence-electron chi connectivity index (χ2n) is 5.46. The van der Waals surface area contributed by atoms with E-state index in [1.807, 2.05) is 0 Å². The van der Waals surface area contributed by atoms with Gasteiger partial charge in [0, 0.05) is 6.20 Å². The Labute approximate surface area is 162 Å². The van der Waals surface area contributed by atoms with E-state index in [4.69, 9.17) is 15.0 Å². The molecular weight excluding hydrogens is 465 g/mol. The molecule has 29 heavy (non-hydrogen) atoms. The van der Waals surface area contributed by atoms with Gasteiger partial charge in [-0.3, -0.25) is 9.97 Å². The van der Waals surface area contributed by atoms with Crippen LogP contribution < -0.4 is 39.9 Å². The maximum atomic E-state index is 11.9. The molecule has 0 spiro atoms. The van der Waals surface area contributed by atoms with Gasteiger partial charge in [0.05, 0.1) is 12.6 Å². The predicted octanol–water partition coefficient (Wildman–Crippen LogP) is -7.06. The number of aliphatic hydroxyl groups excluding tert-OH is 2. The number of nitrogens with zero attached hydrogens (tertiary/aromatic N) is 2. The molecule has 1 aliphatic heterocycles. The van der Waals surface area contributed by atoms with Crippen LogP contribution in [0.25, 0.3) is 0 Å². The first-order valence-corrected chi connectivity index (χ1v) is 11.8. The number of aromatic nitrogens is 2. The summed E-state index contributed by atoms with van der Waals surface area (Å²) in [6.45, 7) is -0.950. The van der Waals surface area contributed by atoms with Crippen LogP contribution in [0.3, 0.4) is 0 Å². The van der Waals surface area contributed by atoms with Crippen molar-refractivity contribution in [2.45, 2.75) is 24.5 Å². The van der Waals surface area contributed by atoms with Gasteiger partial charge in [-0.1, -0.05) is 0 Å². The second-order valence-corrected chi connectivity index (χ2v) is 10.0. The van der Waals surface area contributed by atoms with Crippen LogP contribution in [0.15, 0.2) is 12.3 Å². The van der Waals surface area contributed by atoms with Crippen molar-refractivity contribution in [3.8, 4) is 6.01 Å². The highest BCUT2D eigenvalue weighted by Crippen LogP contribution is 2.59. The van der Waals surface area contributed by atoms with Crippen molar-refractivity contribution in [3.63, 3.8) is 0 Å². The highest BCUT2D eigenvalue weighted by atomic mass is 31.3. The van der Waals surface area contributed by atoms with E-state index >= 15 is 0 Å². The molecule has 2 rings (SSSR count). The van der Waals surface area contributed by atoms with Gasteiger partial charge >= 0.3 is 7.82 Å². The number of aliphatic hydroxyl groups is 2. The Hall–Kier alpha value is -0.710. The van der Waals surface area contributed by atoms with E-state index in [0.717, 1.165) is 17.1 Å². The fraction of sp³-hybridized carbons (Fsp3) is 0.556. The van der Waals surface area contributed by atoms with E-state index in [-0.39, 0.29) is 0 Å².